The van der Waals surface area contributed by atoms with E-state index in [4.69, 9.17) is 0 Å². The Labute approximate surface area is 120 Å². The van der Waals surface area contributed by atoms with Crippen LogP contribution in [-0.4, -0.2) is 20.9 Å². The lowest BCUT2D eigenvalue weighted by Gasteiger charge is -2.30. The number of amides is 1. The summed E-state index contributed by atoms with van der Waals surface area (Å²) in [6.07, 6.45) is 2.23. The van der Waals surface area contributed by atoms with Crippen molar-refractivity contribution in [3.63, 3.8) is 0 Å². The molecular weight excluding hydrogens is 276 g/mol. The molecule has 5 nitrogen and oxygen atoms in total. The summed E-state index contributed by atoms with van der Waals surface area (Å²) in [5, 5.41) is 0. The van der Waals surface area contributed by atoms with Gasteiger partial charge in [-0.15, -0.1) is 0 Å². The second-order valence-electron chi connectivity index (χ2n) is 5.09. The number of anilines is 1. The van der Waals surface area contributed by atoms with Crippen LogP contribution in [0.3, 0.4) is 0 Å². The fourth-order valence-electron chi connectivity index (χ4n) is 2.22. The largest absolute Gasteiger partial charge is 0.326 e. The predicted molar refractivity (Wildman–Crippen MR) is 78.6 cm³/mol. The Bertz CT molecular complexity index is 598. The monoisotopic (exact) mass is 296 g/mol. The van der Waals surface area contributed by atoms with Gasteiger partial charge in [-0.3, -0.25) is 9.10 Å². The molecule has 1 atom stereocenters. The SMILES string of the molecule is CCC(C)C(=O)NS(=O)(=O)N1CCCc2ccccc21. The zero-order valence-corrected chi connectivity index (χ0v) is 12.6. The van der Waals surface area contributed by atoms with Gasteiger partial charge in [-0.1, -0.05) is 32.0 Å². The maximum absolute atomic E-state index is 12.4. The van der Waals surface area contributed by atoms with E-state index >= 15 is 0 Å². The van der Waals surface area contributed by atoms with Gasteiger partial charge in [0.2, 0.25) is 5.91 Å². The third-order valence-corrected chi connectivity index (χ3v) is 5.07. The molecule has 0 fully saturated rings. The molecule has 0 spiro atoms. The number of carbonyl (C=O) groups is 1. The maximum atomic E-state index is 12.4. The molecule has 2 rings (SSSR count). The number of nitrogens with one attached hydrogen (secondary N) is 1. The third kappa shape index (κ3) is 2.95. The lowest BCUT2D eigenvalue weighted by Crippen LogP contribution is -2.47. The Kier molecular flexibility index (Phi) is 4.32. The first kappa shape index (κ1) is 14.8. The Morgan fingerprint density at radius 3 is 2.80 bits per heavy atom. The Hall–Kier alpha value is -1.56. The molecule has 1 unspecified atom stereocenters. The Morgan fingerprint density at radius 1 is 1.40 bits per heavy atom. The highest BCUT2D eigenvalue weighted by molar-refractivity contribution is 7.91. The van der Waals surface area contributed by atoms with Crippen LogP contribution < -0.4 is 9.03 Å². The summed E-state index contributed by atoms with van der Waals surface area (Å²) >= 11 is 0. The molecule has 0 aromatic heterocycles. The van der Waals surface area contributed by atoms with Crippen molar-refractivity contribution in [3.05, 3.63) is 29.8 Å². The second kappa shape index (κ2) is 5.83. The molecule has 110 valence electrons. The minimum absolute atomic E-state index is 0.315. The number of rotatable bonds is 4. The number of hydrogen-bond acceptors (Lipinski definition) is 3. The third-order valence-electron chi connectivity index (χ3n) is 3.65. The summed E-state index contributed by atoms with van der Waals surface area (Å²) in [6.45, 7) is 3.97. The van der Waals surface area contributed by atoms with Crippen molar-refractivity contribution in [3.8, 4) is 0 Å². The lowest BCUT2D eigenvalue weighted by atomic mass is 10.0. The smallest absolute Gasteiger partial charge is 0.274 e. The van der Waals surface area contributed by atoms with Gasteiger partial charge >= 0.3 is 10.2 Å². The first-order valence-electron chi connectivity index (χ1n) is 6.88. The van der Waals surface area contributed by atoms with E-state index in [9.17, 15) is 13.2 Å². The van der Waals surface area contributed by atoms with Gasteiger partial charge in [0.25, 0.3) is 0 Å². The topological polar surface area (TPSA) is 66.5 Å². The average Bonchev–Trinajstić information content (AvgIpc) is 2.45. The fraction of sp³-hybridized carbons (Fsp3) is 0.500. The highest BCUT2D eigenvalue weighted by atomic mass is 32.2. The van der Waals surface area contributed by atoms with E-state index in [1.54, 1.807) is 13.0 Å². The van der Waals surface area contributed by atoms with Crippen LogP contribution in [0.2, 0.25) is 0 Å². The van der Waals surface area contributed by atoms with E-state index in [0.717, 1.165) is 18.4 Å². The molecule has 1 aliphatic heterocycles. The molecule has 6 heteroatoms. The highest BCUT2D eigenvalue weighted by Gasteiger charge is 2.29. The van der Waals surface area contributed by atoms with Gasteiger partial charge in [0.05, 0.1) is 5.69 Å². The van der Waals surface area contributed by atoms with Gasteiger partial charge in [0.1, 0.15) is 0 Å². The van der Waals surface area contributed by atoms with Gasteiger partial charge in [-0.2, -0.15) is 8.42 Å². The summed E-state index contributed by atoms with van der Waals surface area (Å²) in [6, 6.07) is 7.41. The van der Waals surface area contributed by atoms with Gasteiger partial charge in [-0.25, -0.2) is 4.72 Å². The molecule has 1 amide bonds. The van der Waals surface area contributed by atoms with E-state index in [0.29, 0.717) is 18.7 Å². The minimum atomic E-state index is -3.82. The van der Waals surface area contributed by atoms with Crippen LogP contribution in [0.5, 0.6) is 0 Å². The number of benzene rings is 1. The molecule has 1 N–H and O–H groups in total. The number of carbonyl (C=O) groups excluding carboxylic acids is 1. The first-order valence-corrected chi connectivity index (χ1v) is 8.32. The van der Waals surface area contributed by atoms with Gasteiger partial charge < -0.3 is 0 Å². The maximum Gasteiger partial charge on any atom is 0.326 e. The molecule has 0 aliphatic carbocycles. The zero-order valence-electron chi connectivity index (χ0n) is 11.8. The summed E-state index contributed by atoms with van der Waals surface area (Å²) in [5.41, 5.74) is 1.67. The molecular formula is C14H20N2O3S. The number of para-hydroxylation sites is 1. The van der Waals surface area contributed by atoms with Crippen LogP contribution >= 0.6 is 0 Å². The van der Waals surface area contributed by atoms with Crippen LogP contribution in [0.25, 0.3) is 0 Å². The summed E-state index contributed by atoms with van der Waals surface area (Å²) in [7, 11) is -3.82. The quantitative estimate of drug-likeness (QED) is 0.922. The molecule has 20 heavy (non-hydrogen) atoms. The lowest BCUT2D eigenvalue weighted by molar-refractivity contribution is -0.122. The van der Waals surface area contributed by atoms with E-state index in [-0.39, 0.29) is 5.92 Å². The Balaban J connectivity index is 2.25. The second-order valence-corrected chi connectivity index (χ2v) is 6.68. The van der Waals surface area contributed by atoms with Crippen molar-refractivity contribution in [2.75, 3.05) is 10.8 Å². The van der Waals surface area contributed by atoms with Crippen LogP contribution in [-0.2, 0) is 21.4 Å². The fourth-order valence-corrected chi connectivity index (χ4v) is 3.59. The van der Waals surface area contributed by atoms with Gasteiger partial charge in [0.15, 0.2) is 0 Å². The van der Waals surface area contributed by atoms with E-state index in [2.05, 4.69) is 4.72 Å². The van der Waals surface area contributed by atoms with E-state index in [1.165, 1.54) is 4.31 Å². The normalized spacial score (nSPS) is 16.4. The molecule has 0 bridgehead atoms. The number of aryl methyl sites for hydroxylation is 1. The Morgan fingerprint density at radius 2 is 2.10 bits per heavy atom. The van der Waals surface area contributed by atoms with Crippen molar-refractivity contribution in [1.82, 2.24) is 4.72 Å². The zero-order chi connectivity index (χ0) is 14.8. The predicted octanol–water partition coefficient (Wildman–Crippen LogP) is 1.85. The molecule has 0 radical (unpaired) electrons. The minimum Gasteiger partial charge on any atom is -0.274 e. The highest BCUT2D eigenvalue weighted by Crippen LogP contribution is 2.28. The van der Waals surface area contributed by atoms with E-state index < -0.39 is 16.1 Å². The number of nitrogens with zero attached hydrogens (tertiary/aromatic N) is 1. The molecule has 1 heterocycles. The average molecular weight is 296 g/mol. The standard InChI is InChI=1S/C14H20N2O3S/c1-3-11(2)14(17)15-20(18,19)16-10-6-8-12-7-4-5-9-13(12)16/h4-5,7,9,11H,3,6,8,10H2,1-2H3,(H,15,17). The van der Waals surface area contributed by atoms with Crippen LogP contribution in [0.4, 0.5) is 5.69 Å². The van der Waals surface area contributed by atoms with Crippen molar-refractivity contribution in [1.29, 1.82) is 0 Å². The first-order chi connectivity index (χ1) is 9.45. The van der Waals surface area contributed by atoms with Crippen molar-refractivity contribution in [2.45, 2.75) is 33.1 Å². The van der Waals surface area contributed by atoms with Crippen LogP contribution in [0.1, 0.15) is 32.3 Å². The molecule has 0 saturated carbocycles. The van der Waals surface area contributed by atoms with Crippen molar-refractivity contribution < 1.29 is 13.2 Å². The molecule has 1 aromatic carbocycles. The van der Waals surface area contributed by atoms with Crippen molar-refractivity contribution in [2.24, 2.45) is 5.92 Å². The summed E-state index contributed by atoms with van der Waals surface area (Å²) in [4.78, 5) is 11.8. The molecule has 1 aliphatic rings. The van der Waals surface area contributed by atoms with Gasteiger partial charge in [0, 0.05) is 12.5 Å². The van der Waals surface area contributed by atoms with Crippen LogP contribution in [0, 0.1) is 5.92 Å². The number of fused-ring (bicyclic) bond motifs is 1. The summed E-state index contributed by atoms with van der Waals surface area (Å²) < 4.78 is 28.2. The van der Waals surface area contributed by atoms with Crippen molar-refractivity contribution >= 4 is 21.8 Å². The van der Waals surface area contributed by atoms with Gasteiger partial charge in [-0.05, 0) is 30.9 Å². The van der Waals surface area contributed by atoms with Crippen LogP contribution in [0.15, 0.2) is 24.3 Å². The number of hydrogen-bond donors (Lipinski definition) is 1. The summed E-state index contributed by atoms with van der Waals surface area (Å²) in [5.74, 6) is -0.764. The van der Waals surface area contributed by atoms with E-state index in [1.807, 2.05) is 25.1 Å². The molecule has 0 saturated heterocycles. The molecule has 1 aromatic rings.